The number of ether oxygens (including phenoxy) is 1. The van der Waals surface area contributed by atoms with Gasteiger partial charge in [0.2, 0.25) is 0 Å². The smallest absolute Gasteiger partial charge is 0.340 e. The van der Waals surface area contributed by atoms with Gasteiger partial charge in [-0.15, -0.1) is 11.3 Å². The average Bonchev–Trinajstić information content (AvgIpc) is 2.93. The third-order valence-electron chi connectivity index (χ3n) is 2.94. The fraction of sp³-hybridized carbons (Fsp3) is 0.0714. The number of aromatic nitrogens is 2. The molecule has 0 atom stereocenters. The first kappa shape index (κ1) is 14.6. The van der Waals surface area contributed by atoms with Crippen molar-refractivity contribution in [3.8, 4) is 0 Å². The number of anilines is 1. The minimum Gasteiger partial charge on any atom is -0.456 e. The van der Waals surface area contributed by atoms with Crippen molar-refractivity contribution in [2.24, 2.45) is 0 Å². The van der Waals surface area contributed by atoms with Crippen LogP contribution in [0.3, 0.4) is 0 Å². The number of nitrogens with two attached hydrogens (primary N) is 1. The van der Waals surface area contributed by atoms with Gasteiger partial charge in [0.1, 0.15) is 6.61 Å². The van der Waals surface area contributed by atoms with E-state index in [9.17, 15) is 9.59 Å². The van der Waals surface area contributed by atoms with Gasteiger partial charge < -0.3 is 10.5 Å². The Bertz CT molecular complexity index is 919. The first-order valence-electron chi connectivity index (χ1n) is 6.22. The lowest BCUT2D eigenvalue weighted by molar-refractivity contribution is 0.0469. The summed E-state index contributed by atoms with van der Waals surface area (Å²) in [5.74, 6) is -0.595. The molecule has 6 nitrogen and oxygen atoms in total. The Hall–Kier alpha value is -2.38. The lowest BCUT2D eigenvalue weighted by atomic mass is 10.2. The van der Waals surface area contributed by atoms with Crippen LogP contribution in [0, 0.1) is 0 Å². The van der Waals surface area contributed by atoms with E-state index in [0.717, 1.165) is 0 Å². The number of hydrogen-bond donors (Lipinski definition) is 1. The highest BCUT2D eigenvalue weighted by Gasteiger charge is 2.13. The molecule has 0 aliphatic carbocycles. The number of benzene rings is 1. The highest BCUT2D eigenvalue weighted by Crippen LogP contribution is 2.19. The summed E-state index contributed by atoms with van der Waals surface area (Å²) in [6, 6.07) is 5.85. The summed E-state index contributed by atoms with van der Waals surface area (Å²) in [5.41, 5.74) is 6.34. The van der Waals surface area contributed by atoms with Crippen molar-refractivity contribution in [2.75, 3.05) is 5.73 Å². The van der Waals surface area contributed by atoms with Gasteiger partial charge in [0.05, 0.1) is 11.3 Å². The molecule has 0 aliphatic rings. The molecule has 1 aromatic carbocycles. The van der Waals surface area contributed by atoms with Gasteiger partial charge in [0, 0.05) is 28.4 Å². The first-order chi connectivity index (χ1) is 10.5. The van der Waals surface area contributed by atoms with Crippen molar-refractivity contribution < 1.29 is 9.53 Å². The average molecular weight is 336 g/mol. The number of rotatable bonds is 3. The van der Waals surface area contributed by atoms with E-state index in [1.165, 1.54) is 33.9 Å². The van der Waals surface area contributed by atoms with E-state index in [1.807, 2.05) is 0 Å². The molecule has 3 aromatic rings. The molecule has 0 spiro atoms. The summed E-state index contributed by atoms with van der Waals surface area (Å²) in [7, 11) is 0. The Balaban J connectivity index is 1.78. The van der Waals surface area contributed by atoms with Crippen molar-refractivity contribution in [3.63, 3.8) is 0 Å². The minimum atomic E-state index is -0.595. The van der Waals surface area contributed by atoms with Gasteiger partial charge in [-0.25, -0.2) is 9.78 Å². The third-order valence-corrected chi connectivity index (χ3v) is 3.93. The number of hydrogen-bond acceptors (Lipinski definition) is 6. The quantitative estimate of drug-likeness (QED) is 0.586. The van der Waals surface area contributed by atoms with Gasteiger partial charge in [0.15, 0.2) is 4.96 Å². The number of nitrogen functional groups attached to an aromatic ring is 1. The van der Waals surface area contributed by atoms with Crippen molar-refractivity contribution in [2.45, 2.75) is 6.61 Å². The zero-order valence-corrected chi connectivity index (χ0v) is 12.7. The molecule has 2 N–H and O–H groups in total. The zero-order valence-electron chi connectivity index (χ0n) is 11.2. The number of nitrogens with zero attached hydrogens (tertiary/aromatic N) is 2. The lowest BCUT2D eigenvalue weighted by Crippen LogP contribution is -2.15. The van der Waals surface area contributed by atoms with Crippen LogP contribution in [0.25, 0.3) is 4.96 Å². The molecule has 2 aromatic heterocycles. The van der Waals surface area contributed by atoms with Crippen molar-refractivity contribution in [1.29, 1.82) is 0 Å². The summed E-state index contributed by atoms with van der Waals surface area (Å²) in [6.07, 6.45) is 1.64. The number of carbonyl (C=O) groups excluding carboxylic acids is 1. The predicted molar refractivity (Wildman–Crippen MR) is 84.3 cm³/mol. The molecule has 2 heterocycles. The standard InChI is InChI=1S/C14H10ClN3O3S/c15-8-1-2-10(11(16)5-8)13(20)21-7-9-6-12(19)18-3-4-22-14(18)17-9/h1-6H,7,16H2. The molecule has 0 fully saturated rings. The van der Waals surface area contributed by atoms with E-state index in [1.54, 1.807) is 17.6 Å². The summed E-state index contributed by atoms with van der Waals surface area (Å²) < 4.78 is 6.57. The van der Waals surface area contributed by atoms with Crippen LogP contribution in [-0.4, -0.2) is 15.4 Å². The molecule has 112 valence electrons. The number of esters is 1. The fourth-order valence-corrected chi connectivity index (χ4v) is 2.82. The molecule has 3 rings (SSSR count). The van der Waals surface area contributed by atoms with E-state index >= 15 is 0 Å². The number of carbonyl (C=O) groups is 1. The van der Waals surface area contributed by atoms with Crippen LogP contribution in [0.4, 0.5) is 5.69 Å². The van der Waals surface area contributed by atoms with E-state index in [2.05, 4.69) is 4.98 Å². The van der Waals surface area contributed by atoms with Gasteiger partial charge in [-0.2, -0.15) is 0 Å². The number of thiazole rings is 1. The summed E-state index contributed by atoms with van der Waals surface area (Å²) in [4.78, 5) is 28.6. The summed E-state index contributed by atoms with van der Waals surface area (Å²) in [5, 5.41) is 2.19. The molecule has 0 radical (unpaired) electrons. The summed E-state index contributed by atoms with van der Waals surface area (Å²) >= 11 is 7.11. The Kier molecular flexibility index (Phi) is 3.82. The first-order valence-corrected chi connectivity index (χ1v) is 7.48. The molecule has 22 heavy (non-hydrogen) atoms. The van der Waals surface area contributed by atoms with Crippen LogP contribution in [0.1, 0.15) is 16.1 Å². The normalized spacial score (nSPS) is 10.8. The maximum absolute atomic E-state index is 12.0. The second-order valence-corrected chi connectivity index (χ2v) is 5.76. The van der Waals surface area contributed by atoms with Gasteiger partial charge >= 0.3 is 5.97 Å². The minimum absolute atomic E-state index is 0.107. The van der Waals surface area contributed by atoms with Crippen LogP contribution in [0.2, 0.25) is 5.02 Å². The highest BCUT2D eigenvalue weighted by molar-refractivity contribution is 7.15. The third kappa shape index (κ3) is 2.81. The van der Waals surface area contributed by atoms with Crippen LogP contribution in [0.5, 0.6) is 0 Å². The molecule has 0 amide bonds. The molecular formula is C14H10ClN3O3S. The SMILES string of the molecule is Nc1cc(Cl)ccc1C(=O)OCc1cc(=O)n2ccsc2n1. The second kappa shape index (κ2) is 5.78. The summed E-state index contributed by atoms with van der Waals surface area (Å²) in [6.45, 7) is -0.107. The second-order valence-electron chi connectivity index (χ2n) is 4.45. The van der Waals surface area contributed by atoms with Crippen LogP contribution in [0.15, 0.2) is 40.6 Å². The Morgan fingerprint density at radius 2 is 2.23 bits per heavy atom. The van der Waals surface area contributed by atoms with Crippen molar-refractivity contribution in [3.05, 3.63) is 62.5 Å². The van der Waals surface area contributed by atoms with Crippen LogP contribution < -0.4 is 11.3 Å². The molecule has 0 unspecified atom stereocenters. The number of halogens is 1. The van der Waals surface area contributed by atoms with Crippen molar-refractivity contribution >= 4 is 39.6 Å². The highest BCUT2D eigenvalue weighted by atomic mass is 35.5. The van der Waals surface area contributed by atoms with E-state index in [0.29, 0.717) is 15.7 Å². The Morgan fingerprint density at radius 3 is 3.00 bits per heavy atom. The molecule has 0 aliphatic heterocycles. The van der Waals surface area contributed by atoms with Gasteiger partial charge in [-0.3, -0.25) is 9.20 Å². The van der Waals surface area contributed by atoms with Crippen LogP contribution in [-0.2, 0) is 11.3 Å². The molecule has 8 heteroatoms. The maximum atomic E-state index is 12.0. The zero-order chi connectivity index (χ0) is 15.7. The number of fused-ring (bicyclic) bond motifs is 1. The molecule has 0 saturated heterocycles. The molecule has 0 saturated carbocycles. The lowest BCUT2D eigenvalue weighted by Gasteiger charge is -2.07. The monoisotopic (exact) mass is 335 g/mol. The van der Waals surface area contributed by atoms with Gasteiger partial charge in [-0.1, -0.05) is 11.6 Å². The predicted octanol–water partition coefficient (Wildman–Crippen LogP) is 2.35. The van der Waals surface area contributed by atoms with Gasteiger partial charge in [-0.05, 0) is 18.2 Å². The fourth-order valence-electron chi connectivity index (χ4n) is 1.90. The Morgan fingerprint density at radius 1 is 1.41 bits per heavy atom. The van der Waals surface area contributed by atoms with E-state index < -0.39 is 5.97 Å². The molecular weight excluding hydrogens is 326 g/mol. The Labute approximate surface area is 133 Å². The largest absolute Gasteiger partial charge is 0.456 e. The van der Waals surface area contributed by atoms with Crippen molar-refractivity contribution in [1.82, 2.24) is 9.38 Å². The van der Waals surface area contributed by atoms with Crippen LogP contribution >= 0.6 is 22.9 Å². The molecule has 0 bridgehead atoms. The van der Waals surface area contributed by atoms with E-state index in [4.69, 9.17) is 22.1 Å². The maximum Gasteiger partial charge on any atom is 0.340 e. The van der Waals surface area contributed by atoms with E-state index in [-0.39, 0.29) is 23.4 Å². The van der Waals surface area contributed by atoms with Gasteiger partial charge in [0.25, 0.3) is 5.56 Å². The topological polar surface area (TPSA) is 86.7 Å².